The van der Waals surface area contributed by atoms with Crippen molar-refractivity contribution in [3.63, 3.8) is 0 Å². The second-order valence-electron chi connectivity index (χ2n) is 9.15. The summed E-state index contributed by atoms with van der Waals surface area (Å²) in [5, 5.41) is 1.04. The van der Waals surface area contributed by atoms with E-state index < -0.39 is 0 Å². The lowest BCUT2D eigenvalue weighted by atomic mass is 9.88. The van der Waals surface area contributed by atoms with Crippen LogP contribution in [-0.2, 0) is 6.42 Å². The average Bonchev–Trinajstić information content (AvgIpc) is 3.33. The van der Waals surface area contributed by atoms with Crippen LogP contribution >= 0.6 is 0 Å². The van der Waals surface area contributed by atoms with Gasteiger partial charge >= 0.3 is 0 Å². The van der Waals surface area contributed by atoms with Crippen molar-refractivity contribution < 1.29 is 9.53 Å². The molecule has 0 aliphatic carbocycles. The van der Waals surface area contributed by atoms with Crippen molar-refractivity contribution in [3.8, 4) is 11.4 Å². The van der Waals surface area contributed by atoms with Crippen LogP contribution in [-0.4, -0.2) is 40.6 Å². The first-order valence-electron chi connectivity index (χ1n) is 12.1. The summed E-state index contributed by atoms with van der Waals surface area (Å²) in [7, 11) is 1.67. The summed E-state index contributed by atoms with van der Waals surface area (Å²) in [6.45, 7) is 3.88. The molecule has 0 saturated carbocycles. The highest BCUT2D eigenvalue weighted by atomic mass is 16.5. The highest BCUT2D eigenvalue weighted by molar-refractivity contribution is 6.00. The van der Waals surface area contributed by atoms with Crippen LogP contribution in [0.25, 0.3) is 16.7 Å². The fourth-order valence-corrected chi connectivity index (χ4v) is 5.10. The molecule has 1 amide bonds. The Hall–Kier alpha value is -3.60. The fourth-order valence-electron chi connectivity index (χ4n) is 5.10. The zero-order chi connectivity index (χ0) is 23.5. The van der Waals surface area contributed by atoms with E-state index in [2.05, 4.69) is 41.8 Å². The summed E-state index contributed by atoms with van der Waals surface area (Å²) in [6, 6.07) is 20.6. The predicted octanol–water partition coefficient (Wildman–Crippen LogP) is 6.01. The van der Waals surface area contributed by atoms with Crippen molar-refractivity contribution in [3.05, 3.63) is 89.7 Å². The number of carbonyl (C=O) groups excluding carboxylic acids is 1. The third-order valence-electron chi connectivity index (χ3n) is 6.86. The Balaban J connectivity index is 1.60. The second-order valence-corrected chi connectivity index (χ2v) is 9.15. The third kappa shape index (κ3) is 4.30. The molecule has 5 rings (SSSR count). The van der Waals surface area contributed by atoms with Crippen molar-refractivity contribution >= 4 is 16.9 Å². The van der Waals surface area contributed by atoms with Gasteiger partial charge in [-0.2, -0.15) is 0 Å². The smallest absolute Gasteiger partial charge is 0.255 e. The molecule has 2 aromatic heterocycles. The van der Waals surface area contributed by atoms with Gasteiger partial charge in [-0.25, -0.2) is 4.98 Å². The Bertz CT molecular complexity index is 1270. The number of methoxy groups -OCH3 is 1. The standard InChI is InChI=1S/C29H31N3O2/c1-21(19-22-9-5-3-6-10-22)27-25-15-18-32(23-11-13-24(34-2)14-12-23)28(25)30-20-26(27)29(33)31-16-7-4-8-17-31/h3,5-6,9-15,18,20-21H,4,7-8,16-17,19H2,1-2H3. The van der Waals surface area contributed by atoms with Crippen molar-refractivity contribution in [2.45, 2.75) is 38.5 Å². The van der Waals surface area contributed by atoms with E-state index in [0.29, 0.717) is 0 Å². The second kappa shape index (κ2) is 9.72. The van der Waals surface area contributed by atoms with Crippen molar-refractivity contribution in [2.75, 3.05) is 20.2 Å². The summed E-state index contributed by atoms with van der Waals surface area (Å²) < 4.78 is 7.40. The summed E-state index contributed by atoms with van der Waals surface area (Å²) in [4.78, 5) is 20.4. The van der Waals surface area contributed by atoms with Crippen molar-refractivity contribution in [1.29, 1.82) is 0 Å². The van der Waals surface area contributed by atoms with Crippen LogP contribution in [0.5, 0.6) is 5.75 Å². The minimum atomic E-state index is 0.112. The van der Waals surface area contributed by atoms with Crippen LogP contribution in [0, 0.1) is 0 Å². The van der Waals surface area contributed by atoms with E-state index in [9.17, 15) is 4.79 Å². The van der Waals surface area contributed by atoms with E-state index >= 15 is 0 Å². The van der Waals surface area contributed by atoms with E-state index in [4.69, 9.17) is 9.72 Å². The van der Waals surface area contributed by atoms with E-state index in [1.807, 2.05) is 41.4 Å². The number of aromatic nitrogens is 2. The maximum absolute atomic E-state index is 13.6. The Morgan fingerprint density at radius 1 is 1.00 bits per heavy atom. The van der Waals surface area contributed by atoms with Crippen LogP contribution in [0.1, 0.15) is 53.6 Å². The van der Waals surface area contributed by atoms with Gasteiger partial charge in [0.2, 0.25) is 0 Å². The molecule has 3 heterocycles. The predicted molar refractivity (Wildman–Crippen MR) is 136 cm³/mol. The molecule has 5 nitrogen and oxygen atoms in total. The number of pyridine rings is 1. The molecule has 34 heavy (non-hydrogen) atoms. The number of hydrogen-bond acceptors (Lipinski definition) is 3. The Kier molecular flexibility index (Phi) is 6.35. The third-order valence-corrected chi connectivity index (χ3v) is 6.86. The van der Waals surface area contributed by atoms with Crippen LogP contribution in [0.3, 0.4) is 0 Å². The van der Waals surface area contributed by atoms with Gasteiger partial charge in [0.1, 0.15) is 11.4 Å². The molecular weight excluding hydrogens is 422 g/mol. The molecule has 174 valence electrons. The number of benzene rings is 2. The average molecular weight is 454 g/mol. The Morgan fingerprint density at radius 2 is 1.74 bits per heavy atom. The first kappa shape index (κ1) is 22.2. The number of rotatable bonds is 6. The quantitative estimate of drug-likeness (QED) is 0.359. The van der Waals surface area contributed by atoms with Gasteiger partial charge in [0, 0.05) is 36.6 Å². The number of likely N-dealkylation sites (tertiary alicyclic amines) is 1. The van der Waals surface area contributed by atoms with Gasteiger partial charge in [0.15, 0.2) is 0 Å². The van der Waals surface area contributed by atoms with Crippen molar-refractivity contribution in [2.24, 2.45) is 0 Å². The largest absolute Gasteiger partial charge is 0.497 e. The van der Waals surface area contributed by atoms with E-state index in [-0.39, 0.29) is 11.8 Å². The zero-order valence-corrected chi connectivity index (χ0v) is 19.9. The highest BCUT2D eigenvalue weighted by Gasteiger charge is 2.26. The lowest BCUT2D eigenvalue weighted by Gasteiger charge is -2.28. The molecule has 1 unspecified atom stereocenters. The summed E-state index contributed by atoms with van der Waals surface area (Å²) in [6.07, 6.45) is 8.06. The number of hydrogen-bond donors (Lipinski definition) is 0. The highest BCUT2D eigenvalue weighted by Crippen LogP contribution is 2.33. The monoisotopic (exact) mass is 453 g/mol. The molecule has 1 fully saturated rings. The van der Waals surface area contributed by atoms with Crippen LogP contribution in [0.2, 0.25) is 0 Å². The molecule has 0 spiro atoms. The van der Waals surface area contributed by atoms with Gasteiger partial charge in [-0.15, -0.1) is 0 Å². The number of piperidine rings is 1. The molecule has 1 saturated heterocycles. The molecule has 1 atom stereocenters. The maximum atomic E-state index is 13.6. The molecular formula is C29H31N3O2. The first-order chi connectivity index (χ1) is 16.7. The Morgan fingerprint density at radius 3 is 2.44 bits per heavy atom. The van der Waals surface area contributed by atoms with Crippen LogP contribution in [0.4, 0.5) is 0 Å². The lowest BCUT2D eigenvalue weighted by Crippen LogP contribution is -2.36. The molecule has 4 aromatic rings. The minimum absolute atomic E-state index is 0.112. The number of amides is 1. The van der Waals surface area contributed by atoms with Gasteiger partial charge in [0.05, 0.1) is 12.7 Å². The topological polar surface area (TPSA) is 47.4 Å². The fraction of sp³-hybridized carbons (Fsp3) is 0.310. The van der Waals surface area contributed by atoms with E-state index in [0.717, 1.165) is 65.9 Å². The maximum Gasteiger partial charge on any atom is 0.255 e. The van der Waals surface area contributed by atoms with Crippen molar-refractivity contribution in [1.82, 2.24) is 14.5 Å². The number of fused-ring (bicyclic) bond motifs is 1. The normalized spacial score (nSPS) is 14.8. The molecule has 0 bridgehead atoms. The van der Waals surface area contributed by atoms with Crippen LogP contribution in [0.15, 0.2) is 73.1 Å². The molecule has 1 aliphatic rings. The first-order valence-corrected chi connectivity index (χ1v) is 12.1. The lowest BCUT2D eigenvalue weighted by molar-refractivity contribution is 0.0722. The Labute approximate surface area is 201 Å². The molecule has 2 aromatic carbocycles. The molecule has 0 N–H and O–H groups in total. The zero-order valence-electron chi connectivity index (χ0n) is 19.9. The molecule has 1 aliphatic heterocycles. The van der Waals surface area contributed by atoms with Crippen LogP contribution < -0.4 is 4.74 Å². The number of carbonyl (C=O) groups is 1. The molecule has 0 radical (unpaired) electrons. The van der Waals surface area contributed by atoms with Gasteiger partial charge in [0.25, 0.3) is 5.91 Å². The van der Waals surface area contributed by atoms with Gasteiger partial charge in [-0.05, 0) is 73.1 Å². The summed E-state index contributed by atoms with van der Waals surface area (Å²) in [5.41, 5.74) is 4.99. The van der Waals surface area contributed by atoms with Gasteiger partial charge in [-0.1, -0.05) is 37.3 Å². The summed E-state index contributed by atoms with van der Waals surface area (Å²) >= 11 is 0. The SMILES string of the molecule is COc1ccc(-n2ccc3c(C(C)Cc4ccccc4)c(C(=O)N4CCCCC4)cnc32)cc1. The van der Waals surface area contributed by atoms with Gasteiger partial charge < -0.3 is 14.2 Å². The number of nitrogens with zero attached hydrogens (tertiary/aromatic N) is 3. The van der Waals surface area contributed by atoms with Gasteiger partial charge in [-0.3, -0.25) is 4.79 Å². The van der Waals surface area contributed by atoms with E-state index in [1.165, 1.54) is 12.0 Å². The number of ether oxygens (including phenoxy) is 1. The molecule has 5 heteroatoms. The minimum Gasteiger partial charge on any atom is -0.497 e. The summed E-state index contributed by atoms with van der Waals surface area (Å²) in [5.74, 6) is 1.10. The van der Waals surface area contributed by atoms with E-state index in [1.54, 1.807) is 13.3 Å².